The minimum atomic E-state index is 0.464. The largest absolute Gasteiger partial charge is 0.378 e. The second-order valence-corrected chi connectivity index (χ2v) is 3.60. The van der Waals surface area contributed by atoms with Crippen molar-refractivity contribution in [2.75, 3.05) is 5.32 Å². The van der Waals surface area contributed by atoms with E-state index in [1.807, 2.05) is 12.1 Å². The van der Waals surface area contributed by atoms with Crippen LogP contribution in [0.3, 0.4) is 0 Å². The molecule has 2 N–H and O–H groups in total. The second kappa shape index (κ2) is 4.69. The zero-order chi connectivity index (χ0) is 11.4. The van der Waals surface area contributed by atoms with Crippen LogP contribution in [0.5, 0.6) is 0 Å². The number of hydrogen-bond acceptors (Lipinski definition) is 3. The van der Waals surface area contributed by atoms with Crippen LogP contribution in [-0.4, -0.2) is 9.97 Å². The van der Waals surface area contributed by atoms with Gasteiger partial charge in [-0.3, -0.25) is 0 Å². The minimum Gasteiger partial charge on any atom is -0.378 e. The van der Waals surface area contributed by atoms with Gasteiger partial charge in [0.1, 0.15) is 11.9 Å². The summed E-state index contributed by atoms with van der Waals surface area (Å²) in [4.78, 5) is 7.07. The van der Waals surface area contributed by atoms with Crippen molar-refractivity contribution >= 4 is 17.3 Å². The molecule has 16 heavy (non-hydrogen) atoms. The average molecular weight is 233 g/mol. The minimum absolute atomic E-state index is 0.464. The molecule has 0 saturated heterocycles. The maximum atomic E-state index is 8.81. The highest BCUT2D eigenvalue weighted by Crippen LogP contribution is 2.19. The van der Waals surface area contributed by atoms with Crippen LogP contribution in [0.1, 0.15) is 11.4 Å². The predicted octanol–water partition coefficient (Wildman–Crippen LogP) is 2.55. The lowest BCUT2D eigenvalue weighted by molar-refractivity contribution is 1.000. The summed E-state index contributed by atoms with van der Waals surface area (Å²) in [5.74, 6) is 0.841. The Hall–Kier alpha value is -1.99. The fourth-order valence-electron chi connectivity index (χ4n) is 1.30. The quantitative estimate of drug-likeness (QED) is 0.855. The molecule has 1 aromatic heterocycles. The summed E-state index contributed by atoms with van der Waals surface area (Å²) < 4.78 is 0. The van der Waals surface area contributed by atoms with E-state index < -0.39 is 0 Å². The summed E-state index contributed by atoms with van der Waals surface area (Å²) in [6.45, 7) is 0.583. The number of hydrogen-bond donors (Lipinski definition) is 2. The van der Waals surface area contributed by atoms with E-state index in [-0.39, 0.29) is 0 Å². The van der Waals surface area contributed by atoms with Crippen LogP contribution in [0.15, 0.2) is 30.6 Å². The predicted molar refractivity (Wildman–Crippen MR) is 62.1 cm³/mol. The van der Waals surface area contributed by atoms with Gasteiger partial charge < -0.3 is 10.3 Å². The number of imidazole rings is 1. The normalized spacial score (nSPS) is 9.75. The highest BCUT2D eigenvalue weighted by atomic mass is 35.5. The summed E-state index contributed by atoms with van der Waals surface area (Å²) >= 11 is 5.83. The van der Waals surface area contributed by atoms with Crippen molar-refractivity contribution in [2.24, 2.45) is 0 Å². The van der Waals surface area contributed by atoms with E-state index in [4.69, 9.17) is 16.9 Å². The Kier molecular flexibility index (Phi) is 3.08. The molecule has 0 aliphatic carbocycles. The highest BCUT2D eigenvalue weighted by Gasteiger charge is 2.01. The maximum Gasteiger partial charge on any atom is 0.125 e. The van der Waals surface area contributed by atoms with Crippen molar-refractivity contribution in [1.82, 2.24) is 9.97 Å². The van der Waals surface area contributed by atoms with Gasteiger partial charge in [-0.05, 0) is 18.2 Å². The van der Waals surface area contributed by atoms with Crippen molar-refractivity contribution in [3.05, 3.63) is 47.0 Å². The Morgan fingerprint density at radius 2 is 2.38 bits per heavy atom. The van der Waals surface area contributed by atoms with Gasteiger partial charge in [0.25, 0.3) is 0 Å². The molecule has 1 aromatic carbocycles. The first-order valence-corrected chi connectivity index (χ1v) is 5.09. The fourth-order valence-corrected chi connectivity index (χ4v) is 1.46. The molecule has 0 saturated carbocycles. The van der Waals surface area contributed by atoms with Crippen LogP contribution in [0.25, 0.3) is 0 Å². The Balaban J connectivity index is 2.08. The van der Waals surface area contributed by atoms with Gasteiger partial charge >= 0.3 is 0 Å². The van der Waals surface area contributed by atoms with Crippen LogP contribution < -0.4 is 5.32 Å². The third-order valence-electron chi connectivity index (χ3n) is 2.10. The monoisotopic (exact) mass is 232 g/mol. The molecule has 0 radical (unpaired) electrons. The molecule has 0 spiro atoms. The van der Waals surface area contributed by atoms with Crippen molar-refractivity contribution < 1.29 is 0 Å². The lowest BCUT2D eigenvalue weighted by Gasteiger charge is -2.05. The third-order valence-corrected chi connectivity index (χ3v) is 2.43. The molecule has 0 atom stereocenters. The molecule has 0 unspecified atom stereocenters. The molecule has 0 aliphatic heterocycles. The number of anilines is 1. The van der Waals surface area contributed by atoms with Crippen molar-refractivity contribution in [3.8, 4) is 6.07 Å². The SMILES string of the molecule is N#Cc1cc(NCc2ncc[nH]2)ccc1Cl. The maximum absolute atomic E-state index is 8.81. The number of aromatic nitrogens is 2. The Morgan fingerprint density at radius 1 is 1.50 bits per heavy atom. The number of rotatable bonds is 3. The number of aromatic amines is 1. The van der Waals surface area contributed by atoms with E-state index in [2.05, 4.69) is 15.3 Å². The zero-order valence-corrected chi connectivity index (χ0v) is 9.12. The van der Waals surface area contributed by atoms with Gasteiger partial charge in [0.15, 0.2) is 0 Å². The van der Waals surface area contributed by atoms with Gasteiger partial charge in [-0.15, -0.1) is 0 Å². The lowest BCUT2D eigenvalue weighted by Crippen LogP contribution is -2.01. The number of H-pyrrole nitrogens is 1. The highest BCUT2D eigenvalue weighted by molar-refractivity contribution is 6.31. The van der Waals surface area contributed by atoms with Crippen LogP contribution >= 0.6 is 11.6 Å². The second-order valence-electron chi connectivity index (χ2n) is 3.20. The van der Waals surface area contributed by atoms with Crippen LogP contribution in [0.2, 0.25) is 5.02 Å². The van der Waals surface area contributed by atoms with Gasteiger partial charge in [-0.25, -0.2) is 4.98 Å². The van der Waals surface area contributed by atoms with Crippen LogP contribution in [-0.2, 0) is 6.54 Å². The summed E-state index contributed by atoms with van der Waals surface area (Å²) in [5.41, 5.74) is 1.31. The Morgan fingerprint density at radius 3 is 3.06 bits per heavy atom. The van der Waals surface area contributed by atoms with Crippen molar-refractivity contribution in [3.63, 3.8) is 0 Å². The first-order chi connectivity index (χ1) is 7.79. The molecule has 0 amide bonds. The lowest BCUT2D eigenvalue weighted by atomic mass is 10.2. The van der Waals surface area contributed by atoms with Gasteiger partial charge in [0, 0.05) is 18.1 Å². The van der Waals surface area contributed by atoms with Crippen LogP contribution in [0, 0.1) is 11.3 Å². The molecular formula is C11H9ClN4. The fraction of sp³-hybridized carbons (Fsp3) is 0.0909. The standard InChI is InChI=1S/C11H9ClN4/c12-10-2-1-9(5-8(10)6-13)16-7-11-14-3-4-15-11/h1-5,16H,7H2,(H,14,15). The molecule has 80 valence electrons. The van der Waals surface area contributed by atoms with Crippen molar-refractivity contribution in [1.29, 1.82) is 5.26 Å². The number of benzene rings is 1. The van der Waals surface area contributed by atoms with Gasteiger partial charge in [-0.2, -0.15) is 5.26 Å². The molecule has 1 heterocycles. The van der Waals surface area contributed by atoms with Gasteiger partial charge in [0.2, 0.25) is 0 Å². The third kappa shape index (κ3) is 2.33. The molecule has 0 fully saturated rings. The topological polar surface area (TPSA) is 64.5 Å². The van der Waals surface area contributed by atoms with Gasteiger partial charge in [0.05, 0.1) is 17.1 Å². The Bertz CT molecular complexity index is 513. The molecule has 2 rings (SSSR count). The van der Waals surface area contributed by atoms with E-state index in [9.17, 15) is 0 Å². The first kappa shape index (κ1) is 10.5. The summed E-state index contributed by atoms with van der Waals surface area (Å²) in [6, 6.07) is 7.27. The van der Waals surface area contributed by atoms with E-state index in [1.165, 1.54) is 0 Å². The smallest absolute Gasteiger partial charge is 0.125 e. The van der Waals surface area contributed by atoms with E-state index in [0.29, 0.717) is 17.1 Å². The zero-order valence-electron chi connectivity index (χ0n) is 8.37. The molecule has 4 nitrogen and oxygen atoms in total. The van der Waals surface area contributed by atoms with Crippen LogP contribution in [0.4, 0.5) is 5.69 Å². The van der Waals surface area contributed by atoms with E-state index in [1.54, 1.807) is 24.5 Å². The number of nitriles is 1. The van der Waals surface area contributed by atoms with Gasteiger partial charge in [-0.1, -0.05) is 11.6 Å². The van der Waals surface area contributed by atoms with E-state index in [0.717, 1.165) is 11.5 Å². The first-order valence-electron chi connectivity index (χ1n) is 4.71. The summed E-state index contributed by atoms with van der Waals surface area (Å²) in [7, 11) is 0. The summed E-state index contributed by atoms with van der Waals surface area (Å²) in [5, 5.41) is 12.4. The summed E-state index contributed by atoms with van der Waals surface area (Å²) in [6.07, 6.45) is 3.46. The molecular weight excluding hydrogens is 224 g/mol. The molecule has 0 aliphatic rings. The van der Waals surface area contributed by atoms with Crippen molar-refractivity contribution in [2.45, 2.75) is 6.54 Å². The molecule has 5 heteroatoms. The van der Waals surface area contributed by atoms with E-state index >= 15 is 0 Å². The number of nitrogens with zero attached hydrogens (tertiary/aromatic N) is 2. The molecule has 0 bridgehead atoms. The molecule has 2 aromatic rings. The number of nitrogens with one attached hydrogen (secondary N) is 2. The Labute approximate surface area is 97.9 Å². The average Bonchev–Trinajstić information content (AvgIpc) is 2.81. The number of halogens is 1.